The second-order valence-corrected chi connectivity index (χ2v) is 3.93. The van der Waals surface area contributed by atoms with Crippen molar-refractivity contribution in [3.63, 3.8) is 0 Å². The molecule has 1 radical (unpaired) electrons. The standard InChI is InChI=1S/C3H3N2O2S2/c4-9(6,7)3-1-5-2-8-3/h1H,(H2,4,6,7). The number of nitrogens with zero attached hydrogens (tertiary/aromatic N) is 1. The number of rotatable bonds is 1. The highest BCUT2D eigenvalue weighted by Crippen LogP contribution is 2.09. The first-order valence-electron chi connectivity index (χ1n) is 1.95. The first kappa shape index (κ1) is 6.66. The molecule has 0 spiro atoms. The molecule has 0 fully saturated rings. The molecule has 0 saturated heterocycles. The molecule has 6 heteroatoms. The summed E-state index contributed by atoms with van der Waals surface area (Å²) in [5, 5.41) is 4.72. The topological polar surface area (TPSA) is 73.1 Å². The third-order valence-corrected chi connectivity index (χ3v) is 2.77. The van der Waals surface area contributed by atoms with Gasteiger partial charge in [-0.05, 0) is 0 Å². The minimum Gasteiger partial charge on any atom is -0.240 e. The summed E-state index contributed by atoms with van der Waals surface area (Å²) in [6.07, 6.45) is 1.17. The molecule has 0 unspecified atom stereocenters. The van der Waals surface area contributed by atoms with Crippen molar-refractivity contribution < 1.29 is 8.42 Å². The number of hydrogen-bond acceptors (Lipinski definition) is 4. The van der Waals surface area contributed by atoms with Crippen LogP contribution in [0.1, 0.15) is 0 Å². The van der Waals surface area contributed by atoms with Crippen LogP contribution in [0.2, 0.25) is 0 Å². The summed E-state index contributed by atoms with van der Waals surface area (Å²) in [7, 11) is -3.53. The zero-order valence-electron chi connectivity index (χ0n) is 4.23. The molecule has 0 aromatic carbocycles. The van der Waals surface area contributed by atoms with Gasteiger partial charge < -0.3 is 0 Å². The third kappa shape index (κ3) is 1.47. The molecule has 4 nitrogen and oxygen atoms in total. The first-order valence-corrected chi connectivity index (χ1v) is 4.31. The van der Waals surface area contributed by atoms with E-state index in [4.69, 9.17) is 5.14 Å². The van der Waals surface area contributed by atoms with E-state index in [1.165, 1.54) is 6.20 Å². The molecule has 0 amide bonds. The number of hydrogen-bond donors (Lipinski definition) is 1. The van der Waals surface area contributed by atoms with Gasteiger partial charge >= 0.3 is 0 Å². The molecule has 0 aliphatic carbocycles. The van der Waals surface area contributed by atoms with E-state index in [-0.39, 0.29) is 4.21 Å². The Labute approximate surface area is 56.4 Å². The normalized spacial score (nSPS) is 11.7. The van der Waals surface area contributed by atoms with Crippen molar-refractivity contribution in [1.29, 1.82) is 0 Å². The maximum absolute atomic E-state index is 10.4. The largest absolute Gasteiger partial charge is 0.249 e. The molecular formula is C3H3N2O2S2. The van der Waals surface area contributed by atoms with Crippen LogP contribution in [0.4, 0.5) is 0 Å². The van der Waals surface area contributed by atoms with E-state index in [9.17, 15) is 8.42 Å². The number of thiazole rings is 1. The molecule has 0 atom stereocenters. The zero-order valence-corrected chi connectivity index (χ0v) is 5.87. The Hall–Kier alpha value is -0.460. The predicted octanol–water partition coefficient (Wildman–Crippen LogP) is -0.409. The fraction of sp³-hybridized carbons (Fsp3) is 0. The van der Waals surface area contributed by atoms with E-state index in [0.29, 0.717) is 0 Å². The van der Waals surface area contributed by atoms with Crippen LogP contribution in [0.25, 0.3) is 0 Å². The van der Waals surface area contributed by atoms with Gasteiger partial charge in [0, 0.05) is 0 Å². The van der Waals surface area contributed by atoms with Gasteiger partial charge in [-0.1, -0.05) is 11.3 Å². The van der Waals surface area contributed by atoms with Crippen LogP contribution >= 0.6 is 11.3 Å². The summed E-state index contributed by atoms with van der Waals surface area (Å²) in [6, 6.07) is 0. The van der Waals surface area contributed by atoms with Crippen molar-refractivity contribution in [3.8, 4) is 0 Å². The summed E-state index contributed by atoms with van der Waals surface area (Å²) >= 11 is 0.881. The number of primary sulfonamides is 1. The Kier molecular flexibility index (Phi) is 1.52. The van der Waals surface area contributed by atoms with Crippen LogP contribution in [0, 0.1) is 5.51 Å². The van der Waals surface area contributed by atoms with Crippen molar-refractivity contribution in [2.75, 3.05) is 0 Å². The van der Waals surface area contributed by atoms with Crippen LogP contribution in [-0.4, -0.2) is 13.4 Å². The van der Waals surface area contributed by atoms with Crippen molar-refractivity contribution in [2.45, 2.75) is 4.21 Å². The van der Waals surface area contributed by atoms with Crippen molar-refractivity contribution in [2.24, 2.45) is 5.14 Å². The van der Waals surface area contributed by atoms with E-state index in [2.05, 4.69) is 10.5 Å². The molecular weight excluding hydrogens is 160 g/mol. The van der Waals surface area contributed by atoms with E-state index in [0.717, 1.165) is 11.3 Å². The predicted molar refractivity (Wildman–Crippen MR) is 32.3 cm³/mol. The second kappa shape index (κ2) is 2.05. The third-order valence-electron chi connectivity index (χ3n) is 0.649. The van der Waals surface area contributed by atoms with Gasteiger partial charge in [-0.2, -0.15) is 0 Å². The van der Waals surface area contributed by atoms with E-state index in [1.54, 1.807) is 0 Å². The van der Waals surface area contributed by atoms with Gasteiger partial charge in [0.05, 0.1) is 6.20 Å². The van der Waals surface area contributed by atoms with E-state index < -0.39 is 10.0 Å². The second-order valence-electron chi connectivity index (χ2n) is 1.32. The summed E-state index contributed by atoms with van der Waals surface area (Å²) in [5.74, 6) is 0. The van der Waals surface area contributed by atoms with Gasteiger partial charge in [0.2, 0.25) is 10.0 Å². The van der Waals surface area contributed by atoms with Crippen LogP contribution in [0.3, 0.4) is 0 Å². The lowest BCUT2D eigenvalue weighted by atomic mass is 11.0. The van der Waals surface area contributed by atoms with E-state index in [1.807, 2.05) is 0 Å². The lowest BCUT2D eigenvalue weighted by Gasteiger charge is -1.85. The zero-order chi connectivity index (χ0) is 6.91. The molecule has 1 heterocycles. The molecule has 2 N–H and O–H groups in total. The summed E-state index contributed by atoms with van der Waals surface area (Å²) in [6.45, 7) is 0. The Morgan fingerprint density at radius 2 is 2.44 bits per heavy atom. The SMILES string of the molecule is NS(=O)(=O)c1cn[c]s1. The smallest absolute Gasteiger partial charge is 0.240 e. The van der Waals surface area contributed by atoms with Crippen LogP contribution < -0.4 is 5.14 Å². The average molecular weight is 163 g/mol. The highest BCUT2D eigenvalue weighted by atomic mass is 32.2. The number of sulfonamides is 1. The minimum atomic E-state index is -3.53. The Morgan fingerprint density at radius 1 is 1.78 bits per heavy atom. The first-order chi connectivity index (χ1) is 4.11. The van der Waals surface area contributed by atoms with Gasteiger partial charge in [0.25, 0.3) is 0 Å². The van der Waals surface area contributed by atoms with Crippen molar-refractivity contribution in [3.05, 3.63) is 11.7 Å². The number of aromatic nitrogens is 1. The molecule has 9 heavy (non-hydrogen) atoms. The van der Waals surface area contributed by atoms with Crippen LogP contribution in [-0.2, 0) is 10.0 Å². The lowest BCUT2D eigenvalue weighted by Crippen LogP contribution is -2.09. The quantitative estimate of drug-likeness (QED) is 0.611. The van der Waals surface area contributed by atoms with Gasteiger partial charge in [-0.3, -0.25) is 0 Å². The summed E-state index contributed by atoms with van der Waals surface area (Å²) in [4.78, 5) is 3.42. The summed E-state index contributed by atoms with van der Waals surface area (Å²) in [5.41, 5.74) is 2.37. The number of nitrogens with two attached hydrogens (primary N) is 1. The van der Waals surface area contributed by atoms with Crippen LogP contribution in [0.5, 0.6) is 0 Å². The maximum Gasteiger partial charge on any atom is 0.249 e. The average Bonchev–Trinajstić information content (AvgIpc) is 2.08. The molecule has 1 rings (SSSR count). The minimum absolute atomic E-state index is 0.0440. The van der Waals surface area contributed by atoms with Crippen LogP contribution in [0.15, 0.2) is 10.4 Å². The van der Waals surface area contributed by atoms with Crippen molar-refractivity contribution >= 4 is 21.4 Å². The molecule has 1 aromatic heterocycles. The molecule has 0 aliphatic heterocycles. The molecule has 1 aromatic rings. The fourth-order valence-corrected chi connectivity index (χ4v) is 1.39. The molecule has 49 valence electrons. The maximum atomic E-state index is 10.4. The van der Waals surface area contributed by atoms with Gasteiger partial charge in [0.1, 0.15) is 0 Å². The molecule has 0 aliphatic rings. The molecule has 0 saturated carbocycles. The van der Waals surface area contributed by atoms with Gasteiger partial charge in [-0.25, -0.2) is 18.5 Å². The Balaban J connectivity index is 3.20. The monoisotopic (exact) mass is 163 g/mol. The Bertz CT molecular complexity index is 275. The van der Waals surface area contributed by atoms with Crippen molar-refractivity contribution in [1.82, 2.24) is 4.98 Å². The Morgan fingerprint density at radius 3 is 2.67 bits per heavy atom. The highest BCUT2D eigenvalue weighted by Gasteiger charge is 2.07. The van der Waals surface area contributed by atoms with Gasteiger partial charge in [-0.15, -0.1) is 0 Å². The highest BCUT2D eigenvalue weighted by molar-refractivity contribution is 7.91. The van der Waals surface area contributed by atoms with Gasteiger partial charge in [0.15, 0.2) is 9.72 Å². The fourth-order valence-electron chi connectivity index (χ4n) is 0.308. The lowest BCUT2D eigenvalue weighted by molar-refractivity contribution is 0.599. The molecule has 0 bridgehead atoms. The van der Waals surface area contributed by atoms with E-state index >= 15 is 0 Å². The summed E-state index contributed by atoms with van der Waals surface area (Å²) < 4.78 is 20.9.